The average Bonchev–Trinajstić information content (AvgIpc) is 1.56. The zero-order valence-electron chi connectivity index (χ0n) is 58.1. The summed E-state index contributed by atoms with van der Waals surface area (Å²) < 4.78 is 162. The van der Waals surface area contributed by atoms with Gasteiger partial charge in [-0.1, -0.05) is 0 Å². The molecular formula is C77H64BBrF11N17O3. The normalized spacial score (nSPS) is 15.9. The number of aromatic nitrogens is 16. The maximum atomic E-state index is 13.8. The van der Waals surface area contributed by atoms with Gasteiger partial charge in [0.15, 0.2) is 11.3 Å². The summed E-state index contributed by atoms with van der Waals surface area (Å²) in [6.07, 6.45) is 18.8. The van der Waals surface area contributed by atoms with Crippen LogP contribution >= 0.6 is 15.9 Å². The number of ether oxygens (including phenoxy) is 1. The molecule has 0 saturated heterocycles. The molecule has 0 radical (unpaired) electrons. The van der Waals surface area contributed by atoms with Crippen LogP contribution in [-0.4, -0.2) is 121 Å². The molecule has 9 aromatic heterocycles. The average molecular weight is 1580 g/mol. The fourth-order valence-corrected chi connectivity index (χ4v) is 13.2. The molecule has 0 atom stereocenters. The van der Waals surface area contributed by atoms with E-state index in [1.807, 2.05) is 21.5 Å². The van der Waals surface area contributed by atoms with Gasteiger partial charge >= 0.3 is 12.8 Å². The largest absolute Gasteiger partial charge is 0.510 e. The summed E-state index contributed by atoms with van der Waals surface area (Å²) in [5, 5.41) is 26.0. The summed E-state index contributed by atoms with van der Waals surface area (Å²) in [5.74, 6) is -1.53. The number of halogens is 12. The Morgan fingerprint density at radius 1 is 0.427 bits per heavy atom. The van der Waals surface area contributed by atoms with Crippen molar-refractivity contribution in [3.63, 3.8) is 0 Å². The first-order valence-electron chi connectivity index (χ1n) is 34.5. The Bertz CT molecular complexity index is 5550. The van der Waals surface area contributed by atoms with Crippen molar-refractivity contribution in [3.05, 3.63) is 266 Å². The van der Waals surface area contributed by atoms with Gasteiger partial charge in [0.1, 0.15) is 73.7 Å². The molecule has 0 unspecified atom stereocenters. The number of methoxy groups -OCH3 is 1. The molecular weight excluding hydrogens is 1510 g/mol. The molecule has 14 aromatic rings. The summed E-state index contributed by atoms with van der Waals surface area (Å²) in [7, 11) is 0.182. The number of hydrogen-bond acceptors (Lipinski definition) is 12. The number of fused-ring (bicyclic) bond motifs is 2. The first kappa shape index (κ1) is 75.4. The number of imidazole rings is 7. The third kappa shape index (κ3) is 15.7. The zero-order valence-corrected chi connectivity index (χ0v) is 59.7. The minimum absolute atomic E-state index is 0.189. The fourth-order valence-electron chi connectivity index (χ4n) is 12.4. The molecule has 562 valence electrons. The standard InChI is InChI=1S/C19H14F3N5.C13H10BrF3N2.C13H11F3N2.C13H10FN3.C13H13FN2O.C6H6BN3O2/c20-13-3-1-12(2-4-13)16-17(14-5-6-15-23-9-10-27(15)25-14)26(11-24-16)19(7-8-19)18(21)22;14-11-10(8-1-3-9(15)4-2-8)18-7-19(11)13(5-6-13)12(16)17;14-10-3-1-9(2-4-10)11-7-18(8-17-11)13(5-6-13)12(15)16;1-15-13(6-7-13)17-8-12(16-9-17)10-2-4-11(14)5-3-10;1-17-13(6-7-13)16-8-12(15-9-16)10-2-4-11(14)5-3-10;11-7(12)5-1-2-6-8-3-4-10(6)9-5/h1-6,9-11,18H,7-8H2;1-4,7,12H,5-6H2;1-4,7-8,12H,5-6H2;2-5,8-9H,6-7H2;2-5,8-9H,6-7H2,1H3;1-4,11-12H. The van der Waals surface area contributed by atoms with E-state index < -0.39 is 48.7 Å². The SMILES string of the molecule is COC1(n2cnc(-c3ccc(F)cc3)c2)CC1.Fc1ccc(-c2cn(C3(C(F)F)CC3)cn2)cc1.Fc1ccc(-c2ncn(C3(C(F)F)CC3)c2-c2ccc3nccn3n2)cc1.Fc1ccc(-c2ncn(C3(C(F)F)CC3)c2Br)cc1.OB(O)c1ccc2nccn2n1.[C-]#[N+]C1(n2cnc(-c3ccc(F)cc3)c2)CC1. The molecule has 0 aliphatic heterocycles. The highest BCUT2D eigenvalue weighted by atomic mass is 79.9. The van der Waals surface area contributed by atoms with Crippen LogP contribution in [0.2, 0.25) is 0 Å². The van der Waals surface area contributed by atoms with E-state index in [4.69, 9.17) is 21.4 Å². The first-order chi connectivity index (χ1) is 53.0. The van der Waals surface area contributed by atoms with Gasteiger partial charge in [0.05, 0.1) is 72.2 Å². The lowest BCUT2D eigenvalue weighted by Gasteiger charge is -2.19. The Hall–Kier alpha value is -11.5. The number of benzene rings is 5. The maximum absolute atomic E-state index is 13.8. The van der Waals surface area contributed by atoms with E-state index in [1.165, 1.54) is 104 Å². The molecule has 5 aliphatic rings. The van der Waals surface area contributed by atoms with Crippen LogP contribution in [0.3, 0.4) is 0 Å². The van der Waals surface area contributed by atoms with E-state index in [0.717, 1.165) is 53.8 Å². The van der Waals surface area contributed by atoms with E-state index in [0.29, 0.717) is 94.0 Å². The molecule has 110 heavy (non-hydrogen) atoms. The van der Waals surface area contributed by atoms with Crippen LogP contribution in [0.25, 0.3) is 83.8 Å². The van der Waals surface area contributed by atoms with E-state index in [9.17, 15) is 48.3 Å². The smallest absolute Gasteiger partial charge is 0.422 e. The molecule has 5 aliphatic carbocycles. The monoisotopic (exact) mass is 1570 g/mol. The molecule has 5 saturated carbocycles. The highest BCUT2D eigenvalue weighted by Gasteiger charge is 2.56. The zero-order chi connectivity index (χ0) is 77.3. The van der Waals surface area contributed by atoms with Crippen molar-refractivity contribution < 1.29 is 63.1 Å². The second-order valence-corrected chi connectivity index (χ2v) is 27.6. The quantitative estimate of drug-likeness (QED) is 0.0527. The van der Waals surface area contributed by atoms with Crippen molar-refractivity contribution in [3.8, 4) is 67.7 Å². The number of alkyl halides is 6. The van der Waals surface area contributed by atoms with Gasteiger partial charge in [0.2, 0.25) is 0 Å². The molecule has 20 nitrogen and oxygen atoms in total. The Kier molecular flexibility index (Phi) is 21.2. The topological polar surface area (TPSA) is 204 Å². The summed E-state index contributed by atoms with van der Waals surface area (Å²) in [6, 6.07) is 36.7. The first-order valence-corrected chi connectivity index (χ1v) is 35.3. The van der Waals surface area contributed by atoms with Crippen LogP contribution in [0.15, 0.2) is 225 Å². The lowest BCUT2D eigenvalue weighted by molar-refractivity contribution is 0.0163. The Morgan fingerprint density at radius 2 is 0.818 bits per heavy atom. The summed E-state index contributed by atoms with van der Waals surface area (Å²) in [6.45, 7) is 7.17. The minimum atomic E-state index is -2.51. The van der Waals surface area contributed by atoms with E-state index in [2.05, 4.69) is 65.9 Å². The van der Waals surface area contributed by atoms with Crippen LogP contribution in [-0.2, 0) is 32.7 Å². The molecule has 5 fully saturated rings. The van der Waals surface area contributed by atoms with Crippen molar-refractivity contribution in [2.75, 3.05) is 7.11 Å². The molecule has 0 amide bonds. The van der Waals surface area contributed by atoms with Crippen LogP contribution in [0.1, 0.15) is 64.2 Å². The Morgan fingerprint density at radius 3 is 1.25 bits per heavy atom. The van der Waals surface area contributed by atoms with Crippen molar-refractivity contribution in [2.45, 2.75) is 111 Å². The Labute approximate surface area is 628 Å². The molecule has 9 heterocycles. The van der Waals surface area contributed by atoms with E-state index in [1.54, 1.807) is 134 Å². The third-order valence-corrected chi connectivity index (χ3v) is 20.6. The predicted octanol–water partition coefficient (Wildman–Crippen LogP) is 16.0. The molecule has 5 aromatic carbocycles. The molecule has 0 spiro atoms. The lowest BCUT2D eigenvalue weighted by atomic mass is 9.86. The fraction of sp³-hybridized carbons (Fsp3) is 0.247. The van der Waals surface area contributed by atoms with Crippen molar-refractivity contribution in [1.29, 1.82) is 0 Å². The summed E-state index contributed by atoms with van der Waals surface area (Å²) in [5.41, 5.74) is 5.60. The maximum Gasteiger partial charge on any atom is 0.510 e. The van der Waals surface area contributed by atoms with E-state index >= 15 is 0 Å². The van der Waals surface area contributed by atoms with Crippen LogP contribution in [0.4, 0.5) is 48.3 Å². The lowest BCUT2D eigenvalue weighted by Crippen LogP contribution is -2.33. The van der Waals surface area contributed by atoms with Gasteiger partial charge < -0.3 is 33.1 Å². The van der Waals surface area contributed by atoms with Gasteiger partial charge in [0, 0.05) is 91.1 Å². The second-order valence-electron chi connectivity index (χ2n) is 26.9. The second kappa shape index (κ2) is 30.9. The van der Waals surface area contributed by atoms with Gasteiger partial charge in [-0.25, -0.2) is 98.8 Å². The van der Waals surface area contributed by atoms with Crippen molar-refractivity contribution >= 4 is 39.9 Å². The van der Waals surface area contributed by atoms with Gasteiger partial charge in [0.25, 0.3) is 19.3 Å². The summed E-state index contributed by atoms with van der Waals surface area (Å²) in [4.78, 5) is 33.0. The highest BCUT2D eigenvalue weighted by molar-refractivity contribution is 9.10. The number of nitrogens with zero attached hydrogens (tertiary/aromatic N) is 17. The molecule has 2 N–H and O–H groups in total. The van der Waals surface area contributed by atoms with E-state index in [-0.39, 0.29) is 40.4 Å². The third-order valence-electron chi connectivity index (χ3n) is 19.8. The Balaban J connectivity index is 0.000000112. The van der Waals surface area contributed by atoms with Crippen molar-refractivity contribution in [2.24, 2.45) is 0 Å². The van der Waals surface area contributed by atoms with Crippen molar-refractivity contribution in [1.82, 2.24) is 77.0 Å². The highest BCUT2D eigenvalue weighted by Crippen LogP contribution is 2.54. The van der Waals surface area contributed by atoms with Gasteiger partial charge in [-0.15, -0.1) is 0 Å². The molecule has 0 bridgehead atoms. The van der Waals surface area contributed by atoms with Crippen LogP contribution in [0.5, 0.6) is 0 Å². The number of rotatable bonds is 16. The van der Waals surface area contributed by atoms with Crippen LogP contribution in [0, 0.1) is 35.7 Å². The van der Waals surface area contributed by atoms with Crippen LogP contribution < -0.4 is 5.59 Å². The van der Waals surface area contributed by atoms with Gasteiger partial charge in [-0.3, -0.25) is 9.41 Å². The predicted molar refractivity (Wildman–Crippen MR) is 388 cm³/mol. The number of hydrogen-bond donors (Lipinski definition) is 2. The summed E-state index contributed by atoms with van der Waals surface area (Å²) >= 11 is 3.32. The minimum Gasteiger partial charge on any atom is -0.422 e. The van der Waals surface area contributed by atoms with Gasteiger partial charge in [-0.05, 0) is 200 Å². The molecule has 19 rings (SSSR count). The molecule has 33 heteroatoms. The van der Waals surface area contributed by atoms with Gasteiger partial charge in [-0.2, -0.15) is 10.2 Å².